The van der Waals surface area contributed by atoms with E-state index in [0.29, 0.717) is 17.5 Å². The summed E-state index contributed by atoms with van der Waals surface area (Å²) in [5.74, 6) is 1.77. The van der Waals surface area contributed by atoms with Crippen molar-refractivity contribution in [2.75, 3.05) is 23.7 Å². The third-order valence-corrected chi connectivity index (χ3v) is 2.75. The van der Waals surface area contributed by atoms with Crippen LogP contribution in [-0.2, 0) is 6.61 Å². The Morgan fingerprint density at radius 1 is 1.21 bits per heavy atom. The van der Waals surface area contributed by atoms with Crippen LogP contribution < -0.4 is 15.4 Å². The van der Waals surface area contributed by atoms with E-state index in [2.05, 4.69) is 10.1 Å². The van der Waals surface area contributed by atoms with Crippen molar-refractivity contribution in [3.05, 3.63) is 30.2 Å². The molecule has 0 saturated carbocycles. The predicted molar refractivity (Wildman–Crippen MR) is 73.0 cm³/mol. The zero-order chi connectivity index (χ0) is 13.7. The van der Waals surface area contributed by atoms with Gasteiger partial charge in [-0.15, -0.1) is 0 Å². The van der Waals surface area contributed by atoms with Gasteiger partial charge in [0.15, 0.2) is 6.61 Å². The lowest BCUT2D eigenvalue weighted by Crippen LogP contribution is -2.23. The number of aromatic nitrogens is 2. The second-order valence-electron chi connectivity index (χ2n) is 4.02. The molecular weight excluding hydrogens is 244 g/mol. The van der Waals surface area contributed by atoms with Crippen LogP contribution in [0.25, 0.3) is 0 Å². The monoisotopic (exact) mass is 262 g/mol. The molecule has 19 heavy (non-hydrogen) atoms. The normalized spacial score (nSPS) is 10.4. The van der Waals surface area contributed by atoms with E-state index in [1.165, 1.54) is 0 Å². The van der Waals surface area contributed by atoms with E-state index in [-0.39, 0.29) is 6.61 Å². The summed E-state index contributed by atoms with van der Waals surface area (Å²) in [4.78, 5) is 6.29. The number of hydrogen-bond donors (Lipinski definition) is 1. The summed E-state index contributed by atoms with van der Waals surface area (Å²) in [6.07, 6.45) is 0. The maximum atomic E-state index is 5.60. The van der Waals surface area contributed by atoms with Crippen LogP contribution in [0.1, 0.15) is 19.7 Å². The van der Waals surface area contributed by atoms with Gasteiger partial charge in [0.05, 0.1) is 0 Å². The first-order valence-electron chi connectivity index (χ1n) is 6.28. The molecule has 0 aliphatic heterocycles. The van der Waals surface area contributed by atoms with Gasteiger partial charge >= 0.3 is 0 Å². The lowest BCUT2D eigenvalue weighted by Gasteiger charge is -2.14. The number of nitrogens with zero attached hydrogens (tertiary/aromatic N) is 3. The third-order valence-electron chi connectivity index (χ3n) is 2.75. The minimum atomic E-state index is 0.248. The highest BCUT2D eigenvalue weighted by Gasteiger charge is 2.11. The van der Waals surface area contributed by atoms with Gasteiger partial charge in [-0.1, -0.05) is 0 Å². The van der Waals surface area contributed by atoms with Crippen molar-refractivity contribution in [3.63, 3.8) is 0 Å². The van der Waals surface area contributed by atoms with Crippen LogP contribution in [0.5, 0.6) is 5.75 Å². The first-order valence-corrected chi connectivity index (χ1v) is 6.28. The topological polar surface area (TPSA) is 77.4 Å². The van der Waals surface area contributed by atoms with Gasteiger partial charge in [0.2, 0.25) is 0 Å². The Kier molecular flexibility index (Phi) is 4.22. The number of anilines is 2. The van der Waals surface area contributed by atoms with Crippen LogP contribution >= 0.6 is 0 Å². The average Bonchev–Trinajstić information content (AvgIpc) is 2.88. The van der Waals surface area contributed by atoms with Crippen molar-refractivity contribution < 1.29 is 9.26 Å². The minimum absolute atomic E-state index is 0.248. The molecule has 0 fully saturated rings. The molecule has 102 valence electrons. The Balaban J connectivity index is 1.95. The van der Waals surface area contributed by atoms with Crippen molar-refractivity contribution >= 4 is 11.6 Å². The third kappa shape index (κ3) is 3.37. The summed E-state index contributed by atoms with van der Waals surface area (Å²) < 4.78 is 10.7. The fraction of sp³-hybridized carbons (Fsp3) is 0.385. The molecule has 0 aliphatic carbocycles. The number of hydrogen-bond acceptors (Lipinski definition) is 6. The van der Waals surface area contributed by atoms with Gasteiger partial charge in [-0.2, -0.15) is 4.98 Å². The number of nitrogens with two attached hydrogens (primary N) is 1. The fourth-order valence-corrected chi connectivity index (χ4v) is 1.65. The van der Waals surface area contributed by atoms with Crippen molar-refractivity contribution in [2.24, 2.45) is 0 Å². The minimum Gasteiger partial charge on any atom is -0.484 e. The molecule has 0 saturated heterocycles. The lowest BCUT2D eigenvalue weighted by molar-refractivity contribution is 0.243. The molecule has 0 spiro atoms. The van der Waals surface area contributed by atoms with Crippen molar-refractivity contribution in [1.82, 2.24) is 10.1 Å². The van der Waals surface area contributed by atoms with Gasteiger partial charge in [-0.3, -0.25) is 0 Å². The zero-order valence-corrected chi connectivity index (χ0v) is 11.2. The largest absolute Gasteiger partial charge is 0.484 e. The van der Waals surface area contributed by atoms with Crippen LogP contribution in [0.3, 0.4) is 0 Å². The Bertz CT molecular complexity index is 506. The molecule has 0 amide bonds. The predicted octanol–water partition coefficient (Wildman–Crippen LogP) is 2.08. The van der Waals surface area contributed by atoms with E-state index in [4.69, 9.17) is 15.0 Å². The molecule has 0 unspecified atom stereocenters. The SMILES string of the molecule is CCN(CC)c1noc(COc2ccc(N)cc2)n1. The standard InChI is InChI=1S/C13H18N4O2/c1-3-17(4-2)13-15-12(19-16-13)9-18-11-7-5-10(14)6-8-11/h5-8H,3-4,9,14H2,1-2H3. The van der Waals surface area contributed by atoms with E-state index in [9.17, 15) is 0 Å². The number of rotatable bonds is 6. The van der Waals surface area contributed by atoms with E-state index < -0.39 is 0 Å². The molecule has 1 heterocycles. The summed E-state index contributed by atoms with van der Waals surface area (Å²) >= 11 is 0. The highest BCUT2D eigenvalue weighted by molar-refractivity contribution is 5.41. The van der Waals surface area contributed by atoms with E-state index in [0.717, 1.165) is 18.8 Å². The Hall–Kier alpha value is -2.24. The fourth-order valence-electron chi connectivity index (χ4n) is 1.65. The zero-order valence-electron chi connectivity index (χ0n) is 11.2. The molecule has 1 aromatic carbocycles. The first kappa shape index (κ1) is 13.2. The molecule has 0 atom stereocenters. The number of ether oxygens (including phenoxy) is 1. The lowest BCUT2D eigenvalue weighted by atomic mass is 10.3. The molecule has 1 aromatic heterocycles. The molecule has 2 aromatic rings. The van der Waals surface area contributed by atoms with Gasteiger partial charge in [-0.25, -0.2) is 0 Å². The summed E-state index contributed by atoms with van der Waals surface area (Å²) in [7, 11) is 0. The Morgan fingerprint density at radius 3 is 2.53 bits per heavy atom. The average molecular weight is 262 g/mol. The van der Waals surface area contributed by atoms with Crippen molar-refractivity contribution in [2.45, 2.75) is 20.5 Å². The summed E-state index contributed by atoms with van der Waals surface area (Å²) in [6.45, 7) is 6.02. The number of benzene rings is 1. The maximum absolute atomic E-state index is 5.60. The summed E-state index contributed by atoms with van der Waals surface area (Å²) in [5, 5.41) is 3.92. The first-order chi connectivity index (χ1) is 9.22. The van der Waals surface area contributed by atoms with Crippen LogP contribution in [0.4, 0.5) is 11.6 Å². The van der Waals surface area contributed by atoms with Crippen LogP contribution in [0.15, 0.2) is 28.8 Å². The smallest absolute Gasteiger partial charge is 0.266 e. The molecule has 2 N–H and O–H groups in total. The van der Waals surface area contributed by atoms with E-state index >= 15 is 0 Å². The Morgan fingerprint density at radius 2 is 1.89 bits per heavy atom. The van der Waals surface area contributed by atoms with Crippen molar-refractivity contribution in [1.29, 1.82) is 0 Å². The molecule has 6 heteroatoms. The van der Waals surface area contributed by atoms with Gasteiger partial charge in [0.1, 0.15) is 5.75 Å². The van der Waals surface area contributed by atoms with Crippen molar-refractivity contribution in [3.8, 4) is 5.75 Å². The van der Waals surface area contributed by atoms with Gasteiger partial charge < -0.3 is 19.9 Å². The summed E-state index contributed by atoms with van der Waals surface area (Å²) in [5.41, 5.74) is 6.30. The highest BCUT2D eigenvalue weighted by Crippen LogP contribution is 2.15. The van der Waals surface area contributed by atoms with E-state index in [1.54, 1.807) is 24.3 Å². The summed E-state index contributed by atoms with van der Waals surface area (Å²) in [6, 6.07) is 7.17. The Labute approximate surface area is 112 Å². The number of nitrogen functional groups attached to an aromatic ring is 1. The second kappa shape index (κ2) is 6.08. The van der Waals surface area contributed by atoms with Crippen LogP contribution in [0.2, 0.25) is 0 Å². The molecule has 0 bridgehead atoms. The quantitative estimate of drug-likeness (QED) is 0.803. The highest BCUT2D eigenvalue weighted by atomic mass is 16.5. The van der Waals surface area contributed by atoms with E-state index in [1.807, 2.05) is 18.7 Å². The van der Waals surface area contributed by atoms with Crippen LogP contribution in [0, 0.1) is 0 Å². The maximum Gasteiger partial charge on any atom is 0.266 e. The van der Waals surface area contributed by atoms with Gasteiger partial charge in [0, 0.05) is 18.8 Å². The molecule has 2 rings (SSSR count). The van der Waals surface area contributed by atoms with Gasteiger partial charge in [-0.05, 0) is 43.3 Å². The molecule has 0 radical (unpaired) electrons. The molecular formula is C13H18N4O2. The van der Waals surface area contributed by atoms with Gasteiger partial charge in [0.25, 0.3) is 11.8 Å². The second-order valence-corrected chi connectivity index (χ2v) is 4.02. The molecule has 0 aliphatic rings. The van der Waals surface area contributed by atoms with Crippen LogP contribution in [-0.4, -0.2) is 23.2 Å². The molecule has 6 nitrogen and oxygen atoms in total.